The van der Waals surface area contributed by atoms with Crippen molar-refractivity contribution < 1.29 is 22.7 Å². The topological polar surface area (TPSA) is 20.2 Å². The van der Waals surface area contributed by atoms with Gasteiger partial charge >= 0.3 is 6.18 Å². The van der Waals surface area contributed by atoms with Crippen LogP contribution in [0.4, 0.5) is 17.6 Å². The molecule has 1 nitrogen and oxygen atoms in total. The largest absolute Gasteiger partial charge is 0.416 e. The fraction of sp³-hybridized carbons (Fsp3) is 0.200. The summed E-state index contributed by atoms with van der Waals surface area (Å²) < 4.78 is 52.1. The van der Waals surface area contributed by atoms with E-state index in [1.165, 1.54) is 37.3 Å². The van der Waals surface area contributed by atoms with E-state index < -0.39 is 23.7 Å². The molecule has 0 aliphatic heterocycles. The van der Waals surface area contributed by atoms with Crippen molar-refractivity contribution in [2.24, 2.45) is 0 Å². The number of aliphatic hydroxyl groups excluding tert-OH is 1. The monoisotopic (exact) mass is 284 g/mol. The molecule has 0 spiro atoms. The average Bonchev–Trinajstić information content (AvgIpc) is 2.40. The van der Waals surface area contributed by atoms with Crippen LogP contribution in [0.25, 0.3) is 0 Å². The van der Waals surface area contributed by atoms with E-state index in [4.69, 9.17) is 0 Å². The summed E-state index contributed by atoms with van der Waals surface area (Å²) in [4.78, 5) is 0. The highest BCUT2D eigenvalue weighted by Crippen LogP contribution is 2.36. The summed E-state index contributed by atoms with van der Waals surface area (Å²) in [6.45, 7) is 1.54. The van der Waals surface area contributed by atoms with E-state index in [2.05, 4.69) is 0 Å². The van der Waals surface area contributed by atoms with E-state index in [1.807, 2.05) is 0 Å². The van der Waals surface area contributed by atoms with Crippen molar-refractivity contribution in [2.75, 3.05) is 0 Å². The third-order valence-corrected chi connectivity index (χ3v) is 3.07. The van der Waals surface area contributed by atoms with Crippen molar-refractivity contribution in [2.45, 2.75) is 19.2 Å². The number of hydrogen-bond donors (Lipinski definition) is 1. The van der Waals surface area contributed by atoms with E-state index in [-0.39, 0.29) is 11.1 Å². The smallest absolute Gasteiger partial charge is 0.384 e. The van der Waals surface area contributed by atoms with Crippen LogP contribution in [0.2, 0.25) is 0 Å². The summed E-state index contributed by atoms with van der Waals surface area (Å²) in [7, 11) is 0. The lowest BCUT2D eigenvalue weighted by Gasteiger charge is -2.18. The first kappa shape index (κ1) is 14.5. The molecule has 106 valence electrons. The first-order chi connectivity index (χ1) is 9.30. The van der Waals surface area contributed by atoms with Crippen molar-refractivity contribution in [3.05, 3.63) is 70.5 Å². The molecule has 0 aliphatic carbocycles. The first-order valence-electron chi connectivity index (χ1n) is 5.91. The van der Waals surface area contributed by atoms with Crippen LogP contribution in [0.15, 0.2) is 42.5 Å². The molecule has 2 rings (SSSR count). The predicted octanol–water partition coefficient (Wildman–Crippen LogP) is 4.23. The fourth-order valence-electron chi connectivity index (χ4n) is 1.95. The highest BCUT2D eigenvalue weighted by Gasteiger charge is 2.34. The molecule has 1 unspecified atom stereocenters. The third kappa shape index (κ3) is 2.82. The Morgan fingerprint density at radius 2 is 1.70 bits per heavy atom. The van der Waals surface area contributed by atoms with E-state index in [0.717, 1.165) is 12.1 Å². The molecule has 0 fully saturated rings. The summed E-state index contributed by atoms with van der Waals surface area (Å²) >= 11 is 0. The number of hydrogen-bond acceptors (Lipinski definition) is 1. The minimum atomic E-state index is -4.57. The second kappa shape index (κ2) is 5.25. The molecule has 1 atom stereocenters. The summed E-state index contributed by atoms with van der Waals surface area (Å²) in [6, 6.07) is 8.61. The minimum absolute atomic E-state index is 0.0878. The fourth-order valence-corrected chi connectivity index (χ4v) is 1.95. The summed E-state index contributed by atoms with van der Waals surface area (Å²) in [5.41, 5.74) is -0.758. The third-order valence-electron chi connectivity index (χ3n) is 3.07. The highest BCUT2D eigenvalue weighted by molar-refractivity contribution is 5.38. The molecular weight excluding hydrogens is 272 g/mol. The molecular formula is C15H12F4O. The first-order valence-corrected chi connectivity index (χ1v) is 5.91. The standard InChI is InChI=1S/C15H12F4O/c1-9-6-7-10(8-13(9)16)14(20)11-4-2-3-5-12(11)15(17,18)19/h2-8,14,20H,1H3. The average molecular weight is 284 g/mol. The van der Waals surface area contributed by atoms with E-state index in [9.17, 15) is 22.7 Å². The molecule has 0 saturated carbocycles. The SMILES string of the molecule is Cc1ccc(C(O)c2ccccc2C(F)(F)F)cc1F. The zero-order valence-electron chi connectivity index (χ0n) is 10.6. The van der Waals surface area contributed by atoms with Gasteiger partial charge in [0.05, 0.1) is 5.56 Å². The zero-order chi connectivity index (χ0) is 14.9. The Hall–Kier alpha value is -1.88. The number of rotatable bonds is 2. The van der Waals surface area contributed by atoms with Crippen LogP contribution in [0.1, 0.15) is 28.4 Å². The van der Waals surface area contributed by atoms with Crippen molar-refractivity contribution >= 4 is 0 Å². The van der Waals surface area contributed by atoms with Crippen molar-refractivity contribution in [3.63, 3.8) is 0 Å². The van der Waals surface area contributed by atoms with Crippen molar-refractivity contribution in [1.29, 1.82) is 0 Å². The van der Waals surface area contributed by atoms with Crippen LogP contribution >= 0.6 is 0 Å². The Morgan fingerprint density at radius 1 is 1.05 bits per heavy atom. The molecule has 0 aromatic heterocycles. The lowest BCUT2D eigenvalue weighted by atomic mass is 9.96. The second-order valence-corrected chi connectivity index (χ2v) is 4.50. The van der Waals surface area contributed by atoms with E-state index >= 15 is 0 Å². The normalized spacial score (nSPS) is 13.3. The maximum absolute atomic E-state index is 13.5. The number of halogens is 4. The van der Waals surface area contributed by atoms with Gasteiger partial charge in [-0.25, -0.2) is 4.39 Å². The number of benzene rings is 2. The molecule has 2 aromatic rings. The summed E-state index contributed by atoms with van der Waals surface area (Å²) in [5.74, 6) is -0.564. The molecule has 20 heavy (non-hydrogen) atoms. The number of aryl methyl sites for hydroxylation is 1. The minimum Gasteiger partial charge on any atom is -0.384 e. The van der Waals surface area contributed by atoms with Gasteiger partial charge in [0.1, 0.15) is 11.9 Å². The predicted molar refractivity (Wildman–Crippen MR) is 66.6 cm³/mol. The van der Waals surface area contributed by atoms with Gasteiger partial charge in [0, 0.05) is 0 Å². The highest BCUT2D eigenvalue weighted by atomic mass is 19.4. The van der Waals surface area contributed by atoms with Gasteiger partial charge < -0.3 is 5.11 Å². The lowest BCUT2D eigenvalue weighted by molar-refractivity contribution is -0.139. The van der Waals surface area contributed by atoms with Gasteiger partial charge in [-0.05, 0) is 35.7 Å². The van der Waals surface area contributed by atoms with Gasteiger partial charge in [-0.15, -0.1) is 0 Å². The maximum Gasteiger partial charge on any atom is 0.416 e. The Balaban J connectivity index is 2.48. The molecule has 0 saturated heterocycles. The quantitative estimate of drug-likeness (QED) is 0.818. The van der Waals surface area contributed by atoms with Crippen LogP contribution in [0, 0.1) is 12.7 Å². The molecule has 5 heteroatoms. The van der Waals surface area contributed by atoms with Crippen LogP contribution in [-0.2, 0) is 6.18 Å². The van der Waals surface area contributed by atoms with Gasteiger partial charge in [-0.2, -0.15) is 13.2 Å². The van der Waals surface area contributed by atoms with Crippen molar-refractivity contribution in [3.8, 4) is 0 Å². The molecule has 0 heterocycles. The maximum atomic E-state index is 13.5. The summed E-state index contributed by atoms with van der Waals surface area (Å²) in [6.07, 6.45) is -6.09. The van der Waals surface area contributed by atoms with Gasteiger partial charge in [0.15, 0.2) is 0 Å². The molecule has 0 amide bonds. The number of alkyl halides is 3. The summed E-state index contributed by atoms with van der Waals surface area (Å²) in [5, 5.41) is 10.1. The van der Waals surface area contributed by atoms with Crippen LogP contribution in [0.5, 0.6) is 0 Å². The van der Waals surface area contributed by atoms with Crippen LogP contribution in [0.3, 0.4) is 0 Å². The Morgan fingerprint density at radius 3 is 2.30 bits per heavy atom. The van der Waals surface area contributed by atoms with E-state index in [0.29, 0.717) is 5.56 Å². The molecule has 0 bridgehead atoms. The van der Waals surface area contributed by atoms with Gasteiger partial charge in [-0.3, -0.25) is 0 Å². The Kier molecular flexibility index (Phi) is 3.81. The molecule has 0 aliphatic rings. The second-order valence-electron chi connectivity index (χ2n) is 4.50. The van der Waals surface area contributed by atoms with Gasteiger partial charge in [0.25, 0.3) is 0 Å². The van der Waals surface area contributed by atoms with Gasteiger partial charge in [0.2, 0.25) is 0 Å². The zero-order valence-corrected chi connectivity index (χ0v) is 10.6. The molecule has 0 radical (unpaired) electrons. The molecule has 1 N–H and O–H groups in total. The van der Waals surface area contributed by atoms with Crippen molar-refractivity contribution in [1.82, 2.24) is 0 Å². The van der Waals surface area contributed by atoms with Gasteiger partial charge in [-0.1, -0.05) is 30.3 Å². The number of aliphatic hydroxyl groups is 1. The van der Waals surface area contributed by atoms with Crippen LogP contribution < -0.4 is 0 Å². The van der Waals surface area contributed by atoms with Crippen LogP contribution in [-0.4, -0.2) is 5.11 Å². The lowest BCUT2D eigenvalue weighted by Crippen LogP contribution is -2.12. The Labute approximate surface area is 113 Å². The van der Waals surface area contributed by atoms with E-state index in [1.54, 1.807) is 0 Å². The Bertz CT molecular complexity index is 620. The molecule has 2 aromatic carbocycles.